The van der Waals surface area contributed by atoms with E-state index in [1.807, 2.05) is 24.3 Å². The first-order valence-electron chi connectivity index (χ1n) is 11.3. The van der Waals surface area contributed by atoms with Gasteiger partial charge in [-0.05, 0) is 60.5 Å². The second-order valence-corrected chi connectivity index (χ2v) is 8.22. The van der Waals surface area contributed by atoms with Crippen LogP contribution in [0.2, 0.25) is 0 Å². The molecule has 37 heavy (non-hydrogen) atoms. The summed E-state index contributed by atoms with van der Waals surface area (Å²) in [6.45, 7) is 1.65. The highest BCUT2D eigenvalue weighted by molar-refractivity contribution is 6.06. The third-order valence-electron chi connectivity index (χ3n) is 5.99. The van der Waals surface area contributed by atoms with Crippen LogP contribution in [0.3, 0.4) is 0 Å². The number of ether oxygens (including phenoxy) is 3. The van der Waals surface area contributed by atoms with Crippen molar-refractivity contribution in [2.45, 2.75) is 13.3 Å². The highest BCUT2D eigenvalue weighted by Gasteiger charge is 2.19. The minimum absolute atomic E-state index is 0.0660. The van der Waals surface area contributed by atoms with Gasteiger partial charge >= 0.3 is 11.6 Å². The van der Waals surface area contributed by atoms with Gasteiger partial charge < -0.3 is 29.1 Å². The van der Waals surface area contributed by atoms with Gasteiger partial charge in [-0.2, -0.15) is 0 Å². The number of carboxylic acid groups (broad SMARTS) is 1. The van der Waals surface area contributed by atoms with E-state index in [-0.39, 0.29) is 17.7 Å². The van der Waals surface area contributed by atoms with E-state index in [9.17, 15) is 19.5 Å². The summed E-state index contributed by atoms with van der Waals surface area (Å²) < 4.78 is 21.6. The molecule has 0 atom stereocenters. The number of carbonyl (C=O) groups excluding carboxylic acids is 1. The molecule has 0 bridgehead atoms. The number of methoxy groups -OCH3 is 3. The Hall–Kier alpha value is -4.79. The minimum atomic E-state index is -1.04. The number of hydrogen-bond donors (Lipinski definition) is 2. The summed E-state index contributed by atoms with van der Waals surface area (Å²) in [6.07, 6.45) is -0.291. The predicted molar refractivity (Wildman–Crippen MR) is 138 cm³/mol. The predicted octanol–water partition coefficient (Wildman–Crippen LogP) is 4.67. The lowest BCUT2D eigenvalue weighted by Gasteiger charge is -2.14. The smallest absolute Gasteiger partial charge is 0.360 e. The first-order valence-corrected chi connectivity index (χ1v) is 11.3. The van der Waals surface area contributed by atoms with E-state index in [4.69, 9.17) is 18.6 Å². The Balaban J connectivity index is 1.72. The van der Waals surface area contributed by atoms with E-state index in [2.05, 4.69) is 5.32 Å². The van der Waals surface area contributed by atoms with Crippen LogP contribution in [0, 0.1) is 6.92 Å². The average molecular weight is 504 g/mol. The number of rotatable bonds is 8. The topological polar surface area (TPSA) is 124 Å². The molecule has 9 heteroatoms. The molecule has 1 amide bonds. The molecule has 0 saturated heterocycles. The van der Waals surface area contributed by atoms with Gasteiger partial charge in [0, 0.05) is 22.1 Å². The molecule has 4 aromatic rings. The lowest BCUT2D eigenvalue weighted by molar-refractivity contribution is -0.136. The molecule has 2 N–H and O–H groups in total. The molecular formula is C28H25NO8. The molecule has 0 aliphatic carbocycles. The van der Waals surface area contributed by atoms with Gasteiger partial charge in [0.25, 0.3) is 5.91 Å². The molecule has 0 aliphatic heterocycles. The van der Waals surface area contributed by atoms with E-state index >= 15 is 0 Å². The number of hydrogen-bond acceptors (Lipinski definition) is 7. The van der Waals surface area contributed by atoms with Gasteiger partial charge in [0.1, 0.15) is 28.5 Å². The van der Waals surface area contributed by atoms with Gasteiger partial charge in [-0.15, -0.1) is 0 Å². The second-order valence-electron chi connectivity index (χ2n) is 8.22. The highest BCUT2D eigenvalue weighted by Crippen LogP contribution is 2.34. The summed E-state index contributed by atoms with van der Waals surface area (Å²) in [6, 6.07) is 15.3. The molecule has 0 radical (unpaired) electrons. The van der Waals surface area contributed by atoms with Crippen LogP contribution in [-0.2, 0) is 11.2 Å². The maximum atomic E-state index is 13.1. The van der Waals surface area contributed by atoms with Gasteiger partial charge in [0.15, 0.2) is 0 Å². The number of aryl methyl sites for hydroxylation is 1. The number of carbonyl (C=O) groups is 2. The molecule has 3 aromatic carbocycles. The molecule has 1 aromatic heterocycles. The third kappa shape index (κ3) is 5.11. The number of fused-ring (bicyclic) bond motifs is 1. The van der Waals surface area contributed by atoms with Crippen LogP contribution >= 0.6 is 0 Å². The quantitative estimate of drug-likeness (QED) is 0.332. The van der Waals surface area contributed by atoms with Crippen molar-refractivity contribution < 1.29 is 33.3 Å². The third-order valence-corrected chi connectivity index (χ3v) is 5.99. The van der Waals surface area contributed by atoms with Crippen LogP contribution in [-0.4, -0.2) is 38.3 Å². The number of nitrogens with one attached hydrogen (secondary N) is 1. The van der Waals surface area contributed by atoms with Gasteiger partial charge in [-0.1, -0.05) is 12.1 Å². The van der Waals surface area contributed by atoms with Crippen LogP contribution in [0.1, 0.15) is 21.5 Å². The summed E-state index contributed by atoms with van der Waals surface area (Å²) in [7, 11) is 4.54. The zero-order valence-corrected chi connectivity index (χ0v) is 20.7. The summed E-state index contributed by atoms with van der Waals surface area (Å²) in [5.74, 6) is -0.00352. The van der Waals surface area contributed by atoms with Crippen LogP contribution in [0.4, 0.5) is 5.69 Å². The average Bonchev–Trinajstić information content (AvgIpc) is 2.90. The lowest BCUT2D eigenvalue weighted by atomic mass is 10.0. The molecule has 4 rings (SSSR count). The van der Waals surface area contributed by atoms with Crippen LogP contribution in [0.15, 0.2) is 63.8 Å². The molecular weight excluding hydrogens is 478 g/mol. The van der Waals surface area contributed by atoms with Crippen LogP contribution < -0.4 is 25.2 Å². The molecule has 190 valence electrons. The second kappa shape index (κ2) is 10.4. The molecule has 1 heterocycles. The summed E-state index contributed by atoms with van der Waals surface area (Å²) in [4.78, 5) is 37.1. The molecule has 0 fully saturated rings. The first kappa shape index (κ1) is 25.3. The van der Waals surface area contributed by atoms with Crippen LogP contribution in [0.5, 0.6) is 17.2 Å². The Bertz CT molecular complexity index is 1570. The summed E-state index contributed by atoms with van der Waals surface area (Å²) in [5.41, 5.74) is 2.03. The standard InChI is InChI=1S/C28H25NO8/c1-15-20(14-25(30)31)24(36-4)13-18-12-22(28(33)37-26(15)18)29-27(32)17-8-9-23(35-3)21(11-17)16-6-5-7-19(10-16)34-2/h5-13H,14H2,1-4H3,(H,29,32)(H,30,31). The lowest BCUT2D eigenvalue weighted by Crippen LogP contribution is -2.18. The zero-order chi connectivity index (χ0) is 26.7. The Labute approximate surface area is 212 Å². The Kier molecular flexibility index (Phi) is 7.15. The van der Waals surface area contributed by atoms with Crippen molar-refractivity contribution in [2.24, 2.45) is 0 Å². The van der Waals surface area contributed by atoms with Gasteiger partial charge in [-0.3, -0.25) is 9.59 Å². The van der Waals surface area contributed by atoms with E-state index in [1.54, 1.807) is 38.3 Å². The van der Waals surface area contributed by atoms with Crippen molar-refractivity contribution in [3.05, 3.63) is 81.7 Å². The number of amides is 1. The first-order chi connectivity index (χ1) is 17.7. The van der Waals surface area contributed by atoms with Crippen molar-refractivity contribution in [1.29, 1.82) is 0 Å². The summed E-state index contributed by atoms with van der Waals surface area (Å²) in [5, 5.41) is 12.3. The van der Waals surface area contributed by atoms with Crippen molar-refractivity contribution in [3.8, 4) is 28.4 Å². The monoisotopic (exact) mass is 503 g/mol. The molecule has 0 unspecified atom stereocenters. The maximum absolute atomic E-state index is 13.1. The Morgan fingerprint density at radius 2 is 1.70 bits per heavy atom. The number of anilines is 1. The van der Waals surface area contributed by atoms with Gasteiger partial charge in [-0.25, -0.2) is 4.79 Å². The fourth-order valence-corrected chi connectivity index (χ4v) is 4.14. The van der Waals surface area contributed by atoms with Crippen molar-refractivity contribution in [3.63, 3.8) is 0 Å². The fraction of sp³-hybridized carbons (Fsp3) is 0.179. The largest absolute Gasteiger partial charge is 0.497 e. The molecule has 9 nitrogen and oxygen atoms in total. The fourth-order valence-electron chi connectivity index (χ4n) is 4.14. The highest BCUT2D eigenvalue weighted by atomic mass is 16.5. The zero-order valence-electron chi connectivity index (χ0n) is 20.7. The molecule has 0 spiro atoms. The summed E-state index contributed by atoms with van der Waals surface area (Å²) >= 11 is 0. The number of carboxylic acids is 1. The van der Waals surface area contributed by atoms with E-state index < -0.39 is 17.5 Å². The molecule has 0 aliphatic rings. The van der Waals surface area contributed by atoms with E-state index in [0.717, 1.165) is 5.56 Å². The van der Waals surface area contributed by atoms with E-state index in [1.165, 1.54) is 20.3 Å². The number of benzene rings is 3. The van der Waals surface area contributed by atoms with Crippen molar-refractivity contribution >= 4 is 28.5 Å². The van der Waals surface area contributed by atoms with Crippen molar-refractivity contribution in [1.82, 2.24) is 0 Å². The Morgan fingerprint density at radius 3 is 2.38 bits per heavy atom. The minimum Gasteiger partial charge on any atom is -0.497 e. The SMILES string of the molecule is COc1cccc(-c2cc(C(=O)Nc3cc4cc(OC)c(CC(=O)O)c(C)c4oc3=O)ccc2OC)c1. The van der Waals surface area contributed by atoms with E-state index in [0.29, 0.717) is 44.9 Å². The molecule has 0 saturated carbocycles. The van der Waals surface area contributed by atoms with Crippen LogP contribution in [0.25, 0.3) is 22.1 Å². The van der Waals surface area contributed by atoms with Gasteiger partial charge in [0.2, 0.25) is 0 Å². The normalized spacial score (nSPS) is 10.7. The Morgan fingerprint density at radius 1 is 0.946 bits per heavy atom. The number of aliphatic carboxylic acids is 1. The van der Waals surface area contributed by atoms with Gasteiger partial charge in [0.05, 0.1) is 27.8 Å². The maximum Gasteiger partial charge on any atom is 0.360 e. The van der Waals surface area contributed by atoms with Crippen molar-refractivity contribution in [2.75, 3.05) is 26.6 Å².